The molecule has 1 unspecified atom stereocenters. The number of aliphatic carboxylic acids is 1. The average Bonchev–Trinajstić information content (AvgIpc) is 2.93. The van der Waals surface area contributed by atoms with E-state index in [1.165, 1.54) is 4.90 Å². The Morgan fingerprint density at radius 1 is 1.22 bits per heavy atom. The second-order valence-corrected chi connectivity index (χ2v) is 7.00. The number of Topliss-reactive ketones (excluding diaryl/α,β-unsaturated/α-hetero) is 1. The van der Waals surface area contributed by atoms with Crippen LogP contribution in [-0.2, 0) is 20.9 Å². The Morgan fingerprint density at radius 2 is 1.96 bits per heavy atom. The van der Waals surface area contributed by atoms with Gasteiger partial charge in [0.1, 0.15) is 6.04 Å². The van der Waals surface area contributed by atoms with Crippen molar-refractivity contribution in [3.8, 4) is 0 Å². The second-order valence-electron chi connectivity index (χ2n) is 7.00. The standard InChI is InChI=1S/C20H22N2O5/c21-19(26)16(7-8-18(24)25)22-11-14-10-12(5-6-15(14)20(22)27)9-13-3-1-2-4-17(13)23/h5-6,9-10,16H,1-4,7-8,11H2,(H2,21,26)(H,24,25). The summed E-state index contributed by atoms with van der Waals surface area (Å²) < 4.78 is 0. The van der Waals surface area contributed by atoms with Gasteiger partial charge >= 0.3 is 5.97 Å². The Bertz CT molecular complexity index is 843. The quantitative estimate of drug-likeness (QED) is 0.742. The molecule has 3 rings (SSSR count). The van der Waals surface area contributed by atoms with Gasteiger partial charge < -0.3 is 15.7 Å². The molecule has 1 heterocycles. The number of nitrogens with zero attached hydrogens (tertiary/aromatic N) is 1. The van der Waals surface area contributed by atoms with E-state index in [1.54, 1.807) is 12.1 Å². The smallest absolute Gasteiger partial charge is 0.303 e. The first-order valence-electron chi connectivity index (χ1n) is 9.05. The minimum absolute atomic E-state index is 0.0181. The maximum atomic E-state index is 12.6. The summed E-state index contributed by atoms with van der Waals surface area (Å²) >= 11 is 0. The molecule has 1 saturated carbocycles. The molecule has 2 amide bonds. The first-order valence-corrected chi connectivity index (χ1v) is 9.05. The lowest BCUT2D eigenvalue weighted by atomic mass is 9.91. The molecule has 1 aromatic carbocycles. The van der Waals surface area contributed by atoms with E-state index in [1.807, 2.05) is 12.1 Å². The lowest BCUT2D eigenvalue weighted by molar-refractivity contribution is -0.137. The van der Waals surface area contributed by atoms with Crippen LogP contribution in [0.1, 0.15) is 60.0 Å². The Balaban J connectivity index is 1.82. The highest BCUT2D eigenvalue weighted by atomic mass is 16.4. The zero-order valence-corrected chi connectivity index (χ0v) is 14.9. The number of fused-ring (bicyclic) bond motifs is 1. The average molecular weight is 370 g/mol. The zero-order chi connectivity index (χ0) is 19.6. The number of amides is 2. The van der Waals surface area contributed by atoms with Crippen LogP contribution in [0.2, 0.25) is 0 Å². The first kappa shape index (κ1) is 18.8. The van der Waals surface area contributed by atoms with Crippen LogP contribution in [0.3, 0.4) is 0 Å². The number of carbonyl (C=O) groups excluding carboxylic acids is 3. The molecule has 3 N–H and O–H groups in total. The molecule has 7 nitrogen and oxygen atoms in total. The van der Waals surface area contributed by atoms with Gasteiger partial charge in [-0.3, -0.25) is 19.2 Å². The van der Waals surface area contributed by atoms with Crippen LogP contribution in [0.25, 0.3) is 6.08 Å². The molecule has 0 spiro atoms. The van der Waals surface area contributed by atoms with Gasteiger partial charge in [0.2, 0.25) is 5.91 Å². The van der Waals surface area contributed by atoms with E-state index in [4.69, 9.17) is 10.8 Å². The van der Waals surface area contributed by atoms with Crippen molar-refractivity contribution in [1.29, 1.82) is 0 Å². The lowest BCUT2D eigenvalue weighted by Crippen LogP contribution is -2.45. The number of allylic oxidation sites excluding steroid dienone is 1. The van der Waals surface area contributed by atoms with Crippen molar-refractivity contribution in [2.45, 2.75) is 51.1 Å². The number of hydrogen-bond donors (Lipinski definition) is 2. The molecule has 0 bridgehead atoms. The minimum atomic E-state index is -1.04. The van der Waals surface area contributed by atoms with Gasteiger partial charge in [-0.15, -0.1) is 0 Å². The summed E-state index contributed by atoms with van der Waals surface area (Å²) in [7, 11) is 0. The van der Waals surface area contributed by atoms with Crippen molar-refractivity contribution in [1.82, 2.24) is 4.90 Å². The van der Waals surface area contributed by atoms with E-state index >= 15 is 0 Å². The summed E-state index contributed by atoms with van der Waals surface area (Å²) in [4.78, 5) is 48.5. The van der Waals surface area contributed by atoms with Crippen LogP contribution in [0, 0.1) is 0 Å². The summed E-state index contributed by atoms with van der Waals surface area (Å²) in [6.07, 6.45) is 4.87. The molecule has 27 heavy (non-hydrogen) atoms. The number of primary amides is 1. The van der Waals surface area contributed by atoms with Crippen molar-refractivity contribution in [3.05, 3.63) is 40.5 Å². The zero-order valence-electron chi connectivity index (χ0n) is 14.9. The summed E-state index contributed by atoms with van der Waals surface area (Å²) in [6, 6.07) is 4.36. The Labute approximate surface area is 156 Å². The fourth-order valence-corrected chi connectivity index (χ4v) is 3.67. The molecule has 1 aliphatic heterocycles. The maximum absolute atomic E-state index is 12.6. The Kier molecular flexibility index (Phi) is 5.39. The third kappa shape index (κ3) is 4.07. The van der Waals surface area contributed by atoms with Crippen molar-refractivity contribution >= 4 is 29.6 Å². The number of benzene rings is 1. The SMILES string of the molecule is NC(=O)C(CCC(=O)O)N1Cc2cc(C=C3CCCCC3=O)ccc2C1=O. The normalized spacial score (nSPS) is 19.3. The van der Waals surface area contributed by atoms with E-state index in [0.717, 1.165) is 36.0 Å². The molecule has 1 aliphatic carbocycles. The summed E-state index contributed by atoms with van der Waals surface area (Å²) in [5.74, 6) is -1.92. The third-order valence-corrected chi connectivity index (χ3v) is 5.10. The number of rotatable bonds is 6. The third-order valence-electron chi connectivity index (χ3n) is 5.10. The Hall–Kier alpha value is -2.96. The van der Waals surface area contributed by atoms with E-state index in [2.05, 4.69) is 0 Å². The van der Waals surface area contributed by atoms with E-state index in [9.17, 15) is 19.2 Å². The number of carboxylic acid groups (broad SMARTS) is 1. The molecule has 142 valence electrons. The highest BCUT2D eigenvalue weighted by molar-refractivity contribution is 6.02. The van der Waals surface area contributed by atoms with Crippen LogP contribution in [-0.4, -0.2) is 39.6 Å². The number of hydrogen-bond acceptors (Lipinski definition) is 4. The summed E-state index contributed by atoms with van der Waals surface area (Å²) in [5, 5.41) is 8.85. The molecular formula is C20H22N2O5. The molecule has 7 heteroatoms. The number of ketones is 1. The first-order chi connectivity index (χ1) is 12.9. The van der Waals surface area contributed by atoms with Crippen LogP contribution >= 0.6 is 0 Å². The molecule has 0 saturated heterocycles. The van der Waals surface area contributed by atoms with Crippen molar-refractivity contribution in [3.63, 3.8) is 0 Å². The van der Waals surface area contributed by atoms with Gasteiger partial charge in [0.25, 0.3) is 5.91 Å². The maximum Gasteiger partial charge on any atom is 0.303 e. The minimum Gasteiger partial charge on any atom is -0.481 e. The molecule has 0 aromatic heterocycles. The monoisotopic (exact) mass is 370 g/mol. The van der Waals surface area contributed by atoms with Gasteiger partial charge in [-0.1, -0.05) is 6.07 Å². The van der Waals surface area contributed by atoms with Gasteiger partial charge in [-0.25, -0.2) is 0 Å². The highest BCUT2D eigenvalue weighted by Crippen LogP contribution is 2.29. The molecule has 0 radical (unpaired) electrons. The van der Waals surface area contributed by atoms with Gasteiger partial charge in [-0.2, -0.15) is 0 Å². The van der Waals surface area contributed by atoms with Crippen molar-refractivity contribution < 1.29 is 24.3 Å². The second kappa shape index (κ2) is 7.73. The van der Waals surface area contributed by atoms with Gasteiger partial charge in [-0.05, 0) is 60.6 Å². The molecular weight excluding hydrogens is 348 g/mol. The van der Waals surface area contributed by atoms with Crippen LogP contribution in [0.4, 0.5) is 0 Å². The van der Waals surface area contributed by atoms with Gasteiger partial charge in [0.15, 0.2) is 5.78 Å². The van der Waals surface area contributed by atoms with Gasteiger partial charge in [0.05, 0.1) is 0 Å². The molecule has 1 fully saturated rings. The number of carbonyl (C=O) groups is 4. The van der Waals surface area contributed by atoms with Crippen LogP contribution in [0.5, 0.6) is 0 Å². The predicted molar refractivity (Wildman–Crippen MR) is 97.6 cm³/mol. The highest BCUT2D eigenvalue weighted by Gasteiger charge is 2.35. The number of carboxylic acids is 1. The number of nitrogens with two attached hydrogens (primary N) is 1. The Morgan fingerprint density at radius 3 is 2.63 bits per heavy atom. The van der Waals surface area contributed by atoms with Gasteiger partial charge in [0, 0.05) is 24.9 Å². The van der Waals surface area contributed by atoms with Crippen molar-refractivity contribution in [2.24, 2.45) is 5.73 Å². The van der Waals surface area contributed by atoms with Crippen LogP contribution in [0.15, 0.2) is 23.8 Å². The molecule has 2 aliphatic rings. The fraction of sp³-hybridized carbons (Fsp3) is 0.400. The molecule has 1 atom stereocenters. The topological polar surface area (TPSA) is 118 Å². The lowest BCUT2D eigenvalue weighted by Gasteiger charge is -2.24. The molecule has 1 aromatic rings. The van der Waals surface area contributed by atoms with Crippen molar-refractivity contribution in [2.75, 3.05) is 0 Å². The largest absolute Gasteiger partial charge is 0.481 e. The summed E-state index contributed by atoms with van der Waals surface area (Å²) in [6.45, 7) is 0.201. The van der Waals surface area contributed by atoms with Crippen LogP contribution < -0.4 is 5.73 Å². The van der Waals surface area contributed by atoms with E-state index < -0.39 is 17.9 Å². The van der Waals surface area contributed by atoms with E-state index in [0.29, 0.717) is 12.0 Å². The van der Waals surface area contributed by atoms with E-state index in [-0.39, 0.29) is 31.1 Å². The fourth-order valence-electron chi connectivity index (χ4n) is 3.67. The summed E-state index contributed by atoms with van der Waals surface area (Å²) in [5.41, 5.74) is 8.27. The predicted octanol–water partition coefficient (Wildman–Crippen LogP) is 1.89.